The van der Waals surface area contributed by atoms with Crippen LogP contribution in [-0.4, -0.2) is 18.3 Å². The molecule has 0 heterocycles. The lowest BCUT2D eigenvalue weighted by atomic mass is 10.1. The quantitative estimate of drug-likeness (QED) is 0.582. The largest absolute Gasteiger partial charge is 0.396 e. The Kier molecular flexibility index (Phi) is 5.22. The summed E-state index contributed by atoms with van der Waals surface area (Å²) < 4.78 is 0. The molecule has 14 heavy (non-hydrogen) atoms. The molecule has 3 nitrogen and oxygen atoms in total. The molecule has 0 unspecified atom stereocenters. The van der Waals surface area contributed by atoms with E-state index in [0.29, 0.717) is 6.54 Å². The van der Waals surface area contributed by atoms with Gasteiger partial charge in [0.15, 0.2) is 0 Å². The Hall–Kier alpha value is -0.900. The van der Waals surface area contributed by atoms with E-state index in [1.807, 2.05) is 18.2 Å². The molecule has 0 saturated heterocycles. The summed E-state index contributed by atoms with van der Waals surface area (Å²) in [5.41, 5.74) is 8.04. The van der Waals surface area contributed by atoms with Gasteiger partial charge < -0.3 is 16.2 Å². The van der Waals surface area contributed by atoms with Crippen LogP contribution in [0.3, 0.4) is 0 Å². The zero-order valence-corrected chi connectivity index (χ0v) is 8.37. The molecule has 0 saturated carbocycles. The van der Waals surface area contributed by atoms with Gasteiger partial charge in [-0.1, -0.05) is 24.3 Å². The number of aliphatic hydroxyl groups is 1. The maximum Gasteiger partial charge on any atom is 0.0443 e. The van der Waals surface area contributed by atoms with Crippen molar-refractivity contribution in [2.45, 2.75) is 19.5 Å². The first-order valence-corrected chi connectivity index (χ1v) is 4.97. The Morgan fingerprint density at radius 3 is 2.57 bits per heavy atom. The SMILES string of the molecule is NCc1ccccc1CNCCCO. The molecule has 1 rings (SSSR count). The Morgan fingerprint density at radius 1 is 1.21 bits per heavy atom. The van der Waals surface area contributed by atoms with Gasteiger partial charge in [-0.25, -0.2) is 0 Å². The third-order valence-corrected chi connectivity index (χ3v) is 2.17. The molecule has 1 aromatic carbocycles. The lowest BCUT2D eigenvalue weighted by molar-refractivity contribution is 0.286. The molecule has 4 N–H and O–H groups in total. The number of hydrogen-bond acceptors (Lipinski definition) is 3. The van der Waals surface area contributed by atoms with Crippen LogP contribution in [0.1, 0.15) is 17.5 Å². The predicted molar refractivity (Wildman–Crippen MR) is 57.7 cm³/mol. The number of aliphatic hydroxyl groups excluding tert-OH is 1. The van der Waals surface area contributed by atoms with E-state index in [9.17, 15) is 0 Å². The monoisotopic (exact) mass is 194 g/mol. The molecule has 0 atom stereocenters. The smallest absolute Gasteiger partial charge is 0.0443 e. The summed E-state index contributed by atoms with van der Waals surface area (Å²) in [5.74, 6) is 0. The molecule has 0 fully saturated rings. The highest BCUT2D eigenvalue weighted by Gasteiger charge is 1.98. The predicted octanol–water partition coefficient (Wildman–Crippen LogP) is 0.617. The number of hydrogen-bond donors (Lipinski definition) is 3. The van der Waals surface area contributed by atoms with Gasteiger partial charge in [0.2, 0.25) is 0 Å². The molecule has 0 aliphatic heterocycles. The fourth-order valence-corrected chi connectivity index (χ4v) is 1.36. The van der Waals surface area contributed by atoms with Crippen molar-refractivity contribution in [1.29, 1.82) is 0 Å². The fourth-order valence-electron chi connectivity index (χ4n) is 1.36. The van der Waals surface area contributed by atoms with E-state index < -0.39 is 0 Å². The van der Waals surface area contributed by atoms with Crippen molar-refractivity contribution >= 4 is 0 Å². The van der Waals surface area contributed by atoms with Crippen molar-refractivity contribution < 1.29 is 5.11 Å². The molecule has 0 spiro atoms. The van der Waals surface area contributed by atoms with Crippen LogP contribution in [0.5, 0.6) is 0 Å². The van der Waals surface area contributed by atoms with Crippen LogP contribution >= 0.6 is 0 Å². The van der Waals surface area contributed by atoms with Crippen molar-refractivity contribution in [1.82, 2.24) is 5.32 Å². The second-order valence-electron chi connectivity index (χ2n) is 3.23. The molecule has 0 aliphatic rings. The molecular formula is C11H18N2O. The van der Waals surface area contributed by atoms with Crippen LogP contribution in [-0.2, 0) is 13.1 Å². The summed E-state index contributed by atoms with van der Waals surface area (Å²) in [6, 6.07) is 8.14. The van der Waals surface area contributed by atoms with Crippen LogP contribution in [0.15, 0.2) is 24.3 Å². The molecule has 0 aromatic heterocycles. The van der Waals surface area contributed by atoms with E-state index in [2.05, 4.69) is 11.4 Å². The Balaban J connectivity index is 2.41. The first-order chi connectivity index (χ1) is 6.88. The van der Waals surface area contributed by atoms with Gasteiger partial charge in [0.1, 0.15) is 0 Å². The third-order valence-electron chi connectivity index (χ3n) is 2.17. The maximum atomic E-state index is 8.60. The summed E-state index contributed by atoms with van der Waals surface area (Å²) >= 11 is 0. The van der Waals surface area contributed by atoms with Gasteiger partial charge in [-0.2, -0.15) is 0 Å². The number of nitrogens with two attached hydrogens (primary N) is 1. The van der Waals surface area contributed by atoms with Crippen LogP contribution in [0.25, 0.3) is 0 Å². The van der Waals surface area contributed by atoms with Gasteiger partial charge in [0.25, 0.3) is 0 Å². The topological polar surface area (TPSA) is 58.3 Å². The van der Waals surface area contributed by atoms with Gasteiger partial charge in [-0.15, -0.1) is 0 Å². The molecule has 0 radical (unpaired) electrons. The normalized spacial score (nSPS) is 10.4. The average Bonchev–Trinajstić information content (AvgIpc) is 2.25. The number of rotatable bonds is 6. The molecule has 0 amide bonds. The van der Waals surface area contributed by atoms with Gasteiger partial charge in [-0.3, -0.25) is 0 Å². The molecule has 78 valence electrons. The first-order valence-electron chi connectivity index (χ1n) is 4.97. The molecular weight excluding hydrogens is 176 g/mol. The Bertz CT molecular complexity index is 263. The highest BCUT2D eigenvalue weighted by atomic mass is 16.3. The summed E-state index contributed by atoms with van der Waals surface area (Å²) in [4.78, 5) is 0. The third kappa shape index (κ3) is 3.46. The number of nitrogens with one attached hydrogen (secondary N) is 1. The lowest BCUT2D eigenvalue weighted by Gasteiger charge is -2.08. The summed E-state index contributed by atoms with van der Waals surface area (Å²) in [6.07, 6.45) is 0.796. The van der Waals surface area contributed by atoms with Crippen molar-refractivity contribution in [3.05, 3.63) is 35.4 Å². The highest BCUT2D eigenvalue weighted by molar-refractivity contribution is 5.26. The van der Waals surface area contributed by atoms with Crippen molar-refractivity contribution in [2.24, 2.45) is 5.73 Å². The molecule has 0 bridgehead atoms. The van der Waals surface area contributed by atoms with Crippen LogP contribution in [0.4, 0.5) is 0 Å². The Morgan fingerprint density at radius 2 is 1.93 bits per heavy atom. The van der Waals surface area contributed by atoms with Crippen molar-refractivity contribution in [2.75, 3.05) is 13.2 Å². The lowest BCUT2D eigenvalue weighted by Crippen LogP contribution is -2.17. The number of benzene rings is 1. The second kappa shape index (κ2) is 6.54. The first kappa shape index (κ1) is 11.2. The van der Waals surface area contributed by atoms with Crippen LogP contribution < -0.4 is 11.1 Å². The summed E-state index contributed by atoms with van der Waals surface area (Å²) in [5, 5.41) is 11.9. The zero-order chi connectivity index (χ0) is 10.2. The van der Waals surface area contributed by atoms with Gasteiger partial charge in [0, 0.05) is 19.7 Å². The molecule has 1 aromatic rings. The van der Waals surface area contributed by atoms with E-state index >= 15 is 0 Å². The summed E-state index contributed by atoms with van der Waals surface area (Å²) in [6.45, 7) is 2.49. The second-order valence-corrected chi connectivity index (χ2v) is 3.23. The van der Waals surface area contributed by atoms with Crippen LogP contribution in [0.2, 0.25) is 0 Å². The van der Waals surface area contributed by atoms with Crippen molar-refractivity contribution in [3.63, 3.8) is 0 Å². The van der Waals surface area contributed by atoms with E-state index in [0.717, 1.165) is 19.5 Å². The van der Waals surface area contributed by atoms with E-state index in [4.69, 9.17) is 10.8 Å². The van der Waals surface area contributed by atoms with E-state index in [1.54, 1.807) is 0 Å². The van der Waals surface area contributed by atoms with Gasteiger partial charge in [-0.05, 0) is 24.1 Å². The van der Waals surface area contributed by atoms with Crippen LogP contribution in [0, 0.1) is 0 Å². The minimum Gasteiger partial charge on any atom is -0.396 e. The van der Waals surface area contributed by atoms with E-state index in [-0.39, 0.29) is 6.61 Å². The minimum absolute atomic E-state index is 0.242. The zero-order valence-electron chi connectivity index (χ0n) is 8.37. The summed E-state index contributed by atoms with van der Waals surface area (Å²) in [7, 11) is 0. The maximum absolute atomic E-state index is 8.60. The van der Waals surface area contributed by atoms with E-state index in [1.165, 1.54) is 11.1 Å². The molecule has 0 aliphatic carbocycles. The van der Waals surface area contributed by atoms with Gasteiger partial charge >= 0.3 is 0 Å². The van der Waals surface area contributed by atoms with Crippen molar-refractivity contribution in [3.8, 4) is 0 Å². The average molecular weight is 194 g/mol. The Labute approximate surface area is 84.9 Å². The molecule has 3 heteroatoms. The minimum atomic E-state index is 0.242. The van der Waals surface area contributed by atoms with Gasteiger partial charge in [0.05, 0.1) is 0 Å². The fraction of sp³-hybridized carbons (Fsp3) is 0.455. The standard InChI is InChI=1S/C11H18N2O/c12-8-10-4-1-2-5-11(10)9-13-6-3-7-14/h1-2,4-5,13-14H,3,6-9,12H2. The highest BCUT2D eigenvalue weighted by Crippen LogP contribution is 2.06.